The second-order valence-electron chi connectivity index (χ2n) is 19.9. The van der Waals surface area contributed by atoms with Crippen molar-refractivity contribution in [3.8, 4) is 0 Å². The molecule has 6 nitrogen and oxygen atoms in total. The van der Waals surface area contributed by atoms with E-state index in [2.05, 4.69) is 154 Å². The smallest absolute Gasteiger partial charge is 0.306 e. The van der Waals surface area contributed by atoms with Crippen LogP contribution in [0.25, 0.3) is 0 Å². The van der Waals surface area contributed by atoms with Crippen LogP contribution in [0.2, 0.25) is 0 Å². The quantitative estimate of drug-likeness (QED) is 0.0261. The zero-order valence-electron chi connectivity index (χ0n) is 48.5. The van der Waals surface area contributed by atoms with Crippen molar-refractivity contribution in [1.29, 1.82) is 0 Å². The number of unbranched alkanes of at least 4 members (excludes halogenated alkanes) is 21. The summed E-state index contributed by atoms with van der Waals surface area (Å²) >= 11 is 0. The van der Waals surface area contributed by atoms with Crippen LogP contribution in [0.5, 0.6) is 0 Å². The molecular weight excluding hydrogens is 925 g/mol. The van der Waals surface area contributed by atoms with Crippen LogP contribution in [0, 0.1) is 0 Å². The summed E-state index contributed by atoms with van der Waals surface area (Å²) in [5, 5.41) is 0. The summed E-state index contributed by atoms with van der Waals surface area (Å²) in [5.41, 5.74) is 0. The number of esters is 3. The summed E-state index contributed by atoms with van der Waals surface area (Å²) in [7, 11) is 0. The molecule has 0 aliphatic rings. The fraction of sp³-hybridized carbons (Fsp3) is 0.638. The molecule has 0 aromatic carbocycles. The van der Waals surface area contributed by atoms with E-state index in [1.807, 2.05) is 0 Å². The summed E-state index contributed by atoms with van der Waals surface area (Å²) in [4.78, 5) is 38.2. The van der Waals surface area contributed by atoms with Crippen LogP contribution in [0.15, 0.2) is 134 Å². The van der Waals surface area contributed by atoms with Crippen LogP contribution in [-0.2, 0) is 28.6 Å². The molecule has 0 N–H and O–H groups in total. The van der Waals surface area contributed by atoms with E-state index in [-0.39, 0.29) is 31.1 Å². The fourth-order valence-electron chi connectivity index (χ4n) is 8.12. The summed E-state index contributed by atoms with van der Waals surface area (Å²) in [6, 6.07) is 0. The van der Waals surface area contributed by atoms with Gasteiger partial charge in [0.25, 0.3) is 0 Å². The molecule has 0 spiro atoms. The van der Waals surface area contributed by atoms with Gasteiger partial charge in [0.05, 0.1) is 0 Å². The molecule has 0 aromatic rings. The van der Waals surface area contributed by atoms with E-state index in [4.69, 9.17) is 14.2 Å². The highest BCUT2D eigenvalue weighted by atomic mass is 16.6. The monoisotopic (exact) mass is 1040 g/mol. The van der Waals surface area contributed by atoms with Crippen LogP contribution in [0.1, 0.15) is 265 Å². The van der Waals surface area contributed by atoms with Gasteiger partial charge in [-0.1, -0.05) is 264 Å². The predicted molar refractivity (Wildman–Crippen MR) is 325 cm³/mol. The van der Waals surface area contributed by atoms with Crippen LogP contribution in [-0.4, -0.2) is 37.2 Å². The lowest BCUT2D eigenvalue weighted by molar-refractivity contribution is -0.167. The van der Waals surface area contributed by atoms with Crippen molar-refractivity contribution in [2.75, 3.05) is 13.2 Å². The Hall–Kier alpha value is -4.45. The number of allylic oxidation sites excluding steroid dienone is 22. The van der Waals surface area contributed by atoms with Crippen molar-refractivity contribution in [3.05, 3.63) is 134 Å². The topological polar surface area (TPSA) is 78.9 Å². The fourth-order valence-corrected chi connectivity index (χ4v) is 8.12. The van der Waals surface area contributed by atoms with Crippen LogP contribution >= 0.6 is 0 Å². The van der Waals surface area contributed by atoms with E-state index < -0.39 is 6.10 Å². The number of ether oxygens (including phenoxy) is 3. The van der Waals surface area contributed by atoms with Gasteiger partial charge in [0.2, 0.25) is 0 Å². The Labute approximate surface area is 462 Å². The Morgan fingerprint density at radius 1 is 0.280 bits per heavy atom. The third-order valence-electron chi connectivity index (χ3n) is 12.7. The summed E-state index contributed by atoms with van der Waals surface area (Å²) in [6.45, 7) is 6.36. The molecule has 1 atom stereocenters. The number of carbonyl (C=O) groups is 3. The standard InChI is InChI=1S/C69H112O6/c1-4-7-10-13-16-19-22-25-28-30-31-32-33-34-35-36-37-39-41-44-47-50-53-56-59-62-68(71)74-65-66(64-73-67(70)61-58-55-52-49-46-43-40-27-24-21-18-15-12-9-6-3)75-69(72)63-60-57-54-51-48-45-42-38-29-26-23-20-17-14-11-8-5-2/h7,9-10,12,16,18-19,21,25,27-28,31-32,34-35,37,39-40,44,46-47,49,66H,4-6,8,11,13-15,17,20,22-24,26,29-30,33,36,38,41-43,45,48,50-65H2,1-3H3/b10-7-,12-9-,19-16-,21-18-,28-25-,32-31-,35-34-,39-37-,40-27-,47-44-,49-46-. The highest BCUT2D eigenvalue weighted by molar-refractivity contribution is 5.71. The minimum Gasteiger partial charge on any atom is -0.462 e. The minimum atomic E-state index is -0.813. The van der Waals surface area contributed by atoms with Crippen molar-refractivity contribution in [2.45, 2.75) is 271 Å². The minimum absolute atomic E-state index is 0.111. The van der Waals surface area contributed by atoms with E-state index in [9.17, 15) is 14.4 Å². The van der Waals surface area contributed by atoms with Crippen molar-refractivity contribution < 1.29 is 28.6 Å². The van der Waals surface area contributed by atoms with Crippen molar-refractivity contribution >= 4 is 17.9 Å². The van der Waals surface area contributed by atoms with Gasteiger partial charge in [0, 0.05) is 19.3 Å². The lowest BCUT2D eigenvalue weighted by Gasteiger charge is -2.18. The van der Waals surface area contributed by atoms with Crippen molar-refractivity contribution in [1.82, 2.24) is 0 Å². The van der Waals surface area contributed by atoms with Gasteiger partial charge in [0.15, 0.2) is 6.10 Å². The summed E-state index contributed by atoms with van der Waals surface area (Å²) in [6.07, 6.45) is 87.4. The third kappa shape index (κ3) is 60.3. The maximum absolute atomic E-state index is 12.9. The Morgan fingerprint density at radius 2 is 0.520 bits per heavy atom. The first-order valence-corrected chi connectivity index (χ1v) is 30.7. The van der Waals surface area contributed by atoms with Gasteiger partial charge in [-0.2, -0.15) is 0 Å². The zero-order valence-corrected chi connectivity index (χ0v) is 48.5. The second kappa shape index (κ2) is 62.1. The maximum Gasteiger partial charge on any atom is 0.306 e. The highest BCUT2D eigenvalue weighted by Gasteiger charge is 2.19. The largest absolute Gasteiger partial charge is 0.462 e. The molecule has 6 heteroatoms. The molecule has 0 rings (SSSR count). The normalized spacial score (nSPS) is 13.1. The van der Waals surface area contributed by atoms with Gasteiger partial charge in [-0.3, -0.25) is 14.4 Å². The zero-order chi connectivity index (χ0) is 54.3. The first-order valence-electron chi connectivity index (χ1n) is 30.7. The van der Waals surface area contributed by atoms with Crippen molar-refractivity contribution in [2.24, 2.45) is 0 Å². The van der Waals surface area contributed by atoms with Gasteiger partial charge >= 0.3 is 17.9 Å². The van der Waals surface area contributed by atoms with Crippen LogP contribution < -0.4 is 0 Å². The molecular formula is C69H112O6. The number of rotatable bonds is 54. The number of hydrogen-bond donors (Lipinski definition) is 0. The SMILES string of the molecule is CC/C=C\C/C=C\C/C=C\C/C=C\C/C=C\C/C=C\C/C=C\CCCCCC(=O)OCC(COC(=O)CCCC/C=C\C/C=C\C/C=C\C/C=C\CC)OC(=O)CCCCCCCCCCCCCCCCCCC. The molecule has 0 heterocycles. The van der Waals surface area contributed by atoms with E-state index >= 15 is 0 Å². The van der Waals surface area contributed by atoms with Gasteiger partial charge in [-0.25, -0.2) is 0 Å². The van der Waals surface area contributed by atoms with E-state index in [1.54, 1.807) is 0 Å². The molecule has 0 aromatic heterocycles. The average Bonchev–Trinajstić information content (AvgIpc) is 3.41. The lowest BCUT2D eigenvalue weighted by Crippen LogP contribution is -2.30. The molecule has 0 saturated heterocycles. The Kier molecular flexibility index (Phi) is 58.4. The number of hydrogen-bond acceptors (Lipinski definition) is 6. The summed E-state index contributed by atoms with van der Waals surface area (Å²) < 4.78 is 16.8. The Balaban J connectivity index is 4.48. The molecule has 0 saturated carbocycles. The van der Waals surface area contributed by atoms with Crippen LogP contribution in [0.4, 0.5) is 0 Å². The first kappa shape index (κ1) is 70.5. The second-order valence-corrected chi connectivity index (χ2v) is 19.9. The predicted octanol–water partition coefficient (Wildman–Crippen LogP) is 21.0. The highest BCUT2D eigenvalue weighted by Crippen LogP contribution is 2.15. The van der Waals surface area contributed by atoms with Gasteiger partial charge < -0.3 is 14.2 Å². The molecule has 0 fully saturated rings. The Morgan fingerprint density at radius 3 is 0.840 bits per heavy atom. The maximum atomic E-state index is 12.9. The molecule has 1 unspecified atom stereocenters. The number of carbonyl (C=O) groups excluding carboxylic acids is 3. The average molecular weight is 1040 g/mol. The molecule has 75 heavy (non-hydrogen) atoms. The van der Waals surface area contributed by atoms with Crippen LogP contribution in [0.3, 0.4) is 0 Å². The molecule has 0 amide bonds. The third-order valence-corrected chi connectivity index (χ3v) is 12.7. The molecule has 0 aliphatic carbocycles. The molecule has 0 bridgehead atoms. The lowest BCUT2D eigenvalue weighted by atomic mass is 10.0. The molecule has 0 aliphatic heterocycles. The summed E-state index contributed by atoms with van der Waals surface area (Å²) in [5.74, 6) is -0.980. The van der Waals surface area contributed by atoms with Gasteiger partial charge in [-0.15, -0.1) is 0 Å². The first-order chi connectivity index (χ1) is 37.0. The van der Waals surface area contributed by atoms with Crippen molar-refractivity contribution in [3.63, 3.8) is 0 Å². The van der Waals surface area contributed by atoms with Gasteiger partial charge in [-0.05, 0) is 116 Å². The van der Waals surface area contributed by atoms with E-state index in [1.165, 1.54) is 89.9 Å². The van der Waals surface area contributed by atoms with E-state index in [0.717, 1.165) is 128 Å². The molecule has 0 radical (unpaired) electrons. The Bertz CT molecular complexity index is 1620. The van der Waals surface area contributed by atoms with E-state index in [0.29, 0.717) is 25.7 Å². The van der Waals surface area contributed by atoms with Gasteiger partial charge in [0.1, 0.15) is 13.2 Å². The molecule has 424 valence electrons.